The van der Waals surface area contributed by atoms with Gasteiger partial charge in [-0.3, -0.25) is 0 Å². The molecule has 17 heavy (non-hydrogen) atoms. The van der Waals surface area contributed by atoms with Gasteiger partial charge in [0.2, 0.25) is 0 Å². The number of benzene rings is 1. The number of hydrogen-bond acceptors (Lipinski definition) is 2. The van der Waals surface area contributed by atoms with E-state index in [1.807, 2.05) is 0 Å². The zero-order chi connectivity index (χ0) is 13.1. The Morgan fingerprint density at radius 2 is 1.71 bits per heavy atom. The second kappa shape index (κ2) is 5.40. The van der Waals surface area contributed by atoms with Crippen molar-refractivity contribution in [2.24, 2.45) is 0 Å². The first kappa shape index (κ1) is 13.8. The van der Waals surface area contributed by atoms with Crippen molar-refractivity contribution in [2.75, 3.05) is 6.61 Å². The molecule has 0 amide bonds. The summed E-state index contributed by atoms with van der Waals surface area (Å²) >= 11 is 0. The van der Waals surface area contributed by atoms with E-state index >= 15 is 0 Å². The highest BCUT2D eigenvalue weighted by Crippen LogP contribution is 2.26. The SMILES string of the molecule is Cc1cc(CO)cc(C)c1OCCC(F)(F)F. The summed E-state index contributed by atoms with van der Waals surface area (Å²) in [5, 5.41) is 8.97. The summed E-state index contributed by atoms with van der Waals surface area (Å²) in [6, 6.07) is 3.41. The first-order chi connectivity index (χ1) is 7.83. The van der Waals surface area contributed by atoms with E-state index < -0.39 is 12.6 Å². The maximum absolute atomic E-state index is 12.0. The number of hydrogen-bond donors (Lipinski definition) is 1. The van der Waals surface area contributed by atoms with Gasteiger partial charge in [0.1, 0.15) is 5.75 Å². The van der Waals surface area contributed by atoms with Crippen molar-refractivity contribution in [3.63, 3.8) is 0 Å². The number of aliphatic hydroxyl groups is 1. The summed E-state index contributed by atoms with van der Waals surface area (Å²) in [6.45, 7) is 3.01. The predicted molar refractivity (Wildman–Crippen MR) is 58.0 cm³/mol. The summed E-state index contributed by atoms with van der Waals surface area (Å²) in [6.07, 6.45) is -5.17. The zero-order valence-electron chi connectivity index (χ0n) is 9.77. The van der Waals surface area contributed by atoms with Crippen molar-refractivity contribution < 1.29 is 23.0 Å². The summed E-state index contributed by atoms with van der Waals surface area (Å²) < 4.78 is 41.0. The van der Waals surface area contributed by atoms with Crippen molar-refractivity contribution in [3.8, 4) is 5.75 Å². The quantitative estimate of drug-likeness (QED) is 0.887. The van der Waals surface area contributed by atoms with Crippen LogP contribution in [0.5, 0.6) is 5.75 Å². The number of alkyl halides is 3. The molecule has 0 saturated carbocycles. The Labute approximate surface area is 98.0 Å². The first-order valence-electron chi connectivity index (χ1n) is 5.24. The van der Waals surface area contributed by atoms with Gasteiger partial charge in [-0.25, -0.2) is 0 Å². The van der Waals surface area contributed by atoms with Gasteiger partial charge < -0.3 is 9.84 Å². The summed E-state index contributed by atoms with van der Waals surface area (Å²) in [4.78, 5) is 0. The third kappa shape index (κ3) is 4.26. The van der Waals surface area contributed by atoms with Gasteiger partial charge in [0.05, 0.1) is 19.6 Å². The zero-order valence-corrected chi connectivity index (χ0v) is 9.77. The molecule has 0 aromatic heterocycles. The van der Waals surface area contributed by atoms with Crippen LogP contribution in [0.3, 0.4) is 0 Å². The van der Waals surface area contributed by atoms with E-state index in [9.17, 15) is 13.2 Å². The van der Waals surface area contributed by atoms with Gasteiger partial charge in [0.15, 0.2) is 0 Å². The van der Waals surface area contributed by atoms with Crippen molar-refractivity contribution in [2.45, 2.75) is 33.1 Å². The van der Waals surface area contributed by atoms with E-state index in [4.69, 9.17) is 9.84 Å². The highest BCUT2D eigenvalue weighted by molar-refractivity contribution is 5.43. The van der Waals surface area contributed by atoms with Gasteiger partial charge >= 0.3 is 6.18 Å². The minimum absolute atomic E-state index is 0.0927. The largest absolute Gasteiger partial charge is 0.493 e. The van der Waals surface area contributed by atoms with Gasteiger partial charge in [-0.2, -0.15) is 13.2 Å². The van der Waals surface area contributed by atoms with Crippen LogP contribution in [0, 0.1) is 13.8 Å². The minimum Gasteiger partial charge on any atom is -0.493 e. The van der Waals surface area contributed by atoms with Crippen LogP contribution in [0.1, 0.15) is 23.1 Å². The Hall–Kier alpha value is -1.23. The summed E-state index contributed by atoms with van der Waals surface area (Å²) in [5.74, 6) is 0.464. The van der Waals surface area contributed by atoms with Crippen LogP contribution >= 0.6 is 0 Å². The van der Waals surface area contributed by atoms with Crippen LogP contribution in [-0.2, 0) is 6.61 Å². The van der Waals surface area contributed by atoms with Crippen molar-refractivity contribution in [3.05, 3.63) is 28.8 Å². The second-order valence-electron chi connectivity index (χ2n) is 3.93. The molecule has 1 aromatic rings. The molecule has 0 atom stereocenters. The van der Waals surface area contributed by atoms with Gasteiger partial charge in [-0.1, -0.05) is 12.1 Å². The number of halogens is 3. The molecule has 5 heteroatoms. The molecule has 0 aliphatic rings. The molecule has 0 bridgehead atoms. The molecular weight excluding hydrogens is 233 g/mol. The number of rotatable bonds is 4. The van der Waals surface area contributed by atoms with Gasteiger partial charge in [-0.05, 0) is 30.5 Å². The molecule has 96 valence electrons. The smallest absolute Gasteiger partial charge is 0.392 e. The lowest BCUT2D eigenvalue weighted by Crippen LogP contribution is -2.13. The molecule has 0 spiro atoms. The Morgan fingerprint density at radius 1 is 1.18 bits per heavy atom. The Kier molecular flexibility index (Phi) is 4.40. The topological polar surface area (TPSA) is 29.5 Å². The van der Waals surface area contributed by atoms with Crippen LogP contribution in [0.4, 0.5) is 13.2 Å². The molecule has 0 aliphatic carbocycles. The molecule has 0 aliphatic heterocycles. The fourth-order valence-corrected chi connectivity index (χ4v) is 1.63. The maximum atomic E-state index is 12.0. The average Bonchev–Trinajstić information content (AvgIpc) is 2.20. The molecule has 0 heterocycles. The normalized spacial score (nSPS) is 11.6. The average molecular weight is 248 g/mol. The van der Waals surface area contributed by atoms with Crippen LogP contribution in [0.25, 0.3) is 0 Å². The Balaban J connectivity index is 2.72. The molecule has 0 saturated heterocycles. The minimum atomic E-state index is -4.20. The summed E-state index contributed by atoms with van der Waals surface area (Å²) in [5.41, 5.74) is 2.19. The van der Waals surface area contributed by atoms with Crippen molar-refractivity contribution >= 4 is 0 Å². The van der Waals surface area contributed by atoms with E-state index in [2.05, 4.69) is 0 Å². The second-order valence-corrected chi connectivity index (χ2v) is 3.93. The molecule has 0 radical (unpaired) electrons. The van der Waals surface area contributed by atoms with E-state index in [1.165, 1.54) is 0 Å². The lowest BCUT2D eigenvalue weighted by atomic mass is 10.1. The van der Waals surface area contributed by atoms with E-state index in [0.29, 0.717) is 5.75 Å². The molecule has 2 nitrogen and oxygen atoms in total. The number of ether oxygens (including phenoxy) is 1. The molecule has 1 aromatic carbocycles. The highest BCUT2D eigenvalue weighted by atomic mass is 19.4. The van der Waals surface area contributed by atoms with Gasteiger partial charge in [0, 0.05) is 0 Å². The van der Waals surface area contributed by atoms with Crippen LogP contribution in [-0.4, -0.2) is 17.9 Å². The van der Waals surface area contributed by atoms with E-state index in [0.717, 1.165) is 16.7 Å². The Morgan fingerprint density at radius 3 is 2.12 bits per heavy atom. The van der Waals surface area contributed by atoms with E-state index in [1.54, 1.807) is 26.0 Å². The van der Waals surface area contributed by atoms with Crippen LogP contribution in [0.15, 0.2) is 12.1 Å². The number of aliphatic hydroxyl groups excluding tert-OH is 1. The fraction of sp³-hybridized carbons (Fsp3) is 0.500. The summed E-state index contributed by atoms with van der Waals surface area (Å²) in [7, 11) is 0. The molecule has 1 N–H and O–H groups in total. The monoisotopic (exact) mass is 248 g/mol. The number of aryl methyl sites for hydroxylation is 2. The molecular formula is C12H15F3O2. The predicted octanol–water partition coefficient (Wildman–Crippen LogP) is 3.13. The molecule has 0 fully saturated rings. The van der Waals surface area contributed by atoms with Gasteiger partial charge in [0.25, 0.3) is 0 Å². The third-order valence-corrected chi connectivity index (χ3v) is 2.33. The lowest BCUT2D eigenvalue weighted by Gasteiger charge is -2.14. The van der Waals surface area contributed by atoms with Crippen LogP contribution in [0.2, 0.25) is 0 Å². The first-order valence-corrected chi connectivity index (χ1v) is 5.24. The lowest BCUT2D eigenvalue weighted by molar-refractivity contribution is -0.139. The molecule has 0 unspecified atom stereocenters. The van der Waals surface area contributed by atoms with Crippen molar-refractivity contribution in [1.29, 1.82) is 0 Å². The van der Waals surface area contributed by atoms with Gasteiger partial charge in [-0.15, -0.1) is 0 Å². The fourth-order valence-electron chi connectivity index (χ4n) is 1.63. The van der Waals surface area contributed by atoms with E-state index in [-0.39, 0.29) is 13.2 Å². The van der Waals surface area contributed by atoms with Crippen molar-refractivity contribution in [1.82, 2.24) is 0 Å². The third-order valence-electron chi connectivity index (χ3n) is 2.33. The standard InChI is InChI=1S/C12H15F3O2/c1-8-5-10(7-16)6-9(2)11(8)17-4-3-12(13,14)15/h5-6,16H,3-4,7H2,1-2H3. The maximum Gasteiger partial charge on any atom is 0.392 e. The highest BCUT2D eigenvalue weighted by Gasteiger charge is 2.27. The van der Waals surface area contributed by atoms with Crippen LogP contribution < -0.4 is 4.74 Å². The molecule has 1 rings (SSSR count). The Bertz CT molecular complexity index is 363.